The highest BCUT2D eigenvalue weighted by atomic mass is 35.5. The van der Waals surface area contributed by atoms with Gasteiger partial charge in [0, 0.05) is 43.0 Å². The summed E-state index contributed by atoms with van der Waals surface area (Å²) in [5.74, 6) is 0.475. The summed E-state index contributed by atoms with van der Waals surface area (Å²) in [5, 5.41) is 0.362. The molecule has 0 radical (unpaired) electrons. The molecule has 0 aromatic heterocycles. The summed E-state index contributed by atoms with van der Waals surface area (Å²) in [6, 6.07) is 18.2. The molecule has 0 saturated carbocycles. The van der Waals surface area contributed by atoms with Crippen LogP contribution in [0.3, 0.4) is 0 Å². The number of rotatable bonds is 12. The van der Waals surface area contributed by atoms with E-state index in [1.807, 2.05) is 39.8 Å². The van der Waals surface area contributed by atoms with Crippen molar-refractivity contribution in [1.82, 2.24) is 4.90 Å². The molecule has 3 aromatic rings. The van der Waals surface area contributed by atoms with Gasteiger partial charge in [0.25, 0.3) is 5.91 Å². The molecule has 7 nitrogen and oxygen atoms in total. The van der Waals surface area contributed by atoms with Gasteiger partial charge >= 0.3 is 10.1 Å². The molecule has 38 heavy (non-hydrogen) atoms. The normalized spacial score (nSPS) is 12.1. The minimum atomic E-state index is -4.16. The zero-order valence-corrected chi connectivity index (χ0v) is 24.1. The number of hydrogen-bond donors (Lipinski definition) is 0. The van der Waals surface area contributed by atoms with E-state index in [2.05, 4.69) is 4.90 Å². The largest absolute Gasteiger partial charge is 0.497 e. The fourth-order valence-corrected chi connectivity index (χ4v) is 5.24. The van der Waals surface area contributed by atoms with E-state index in [9.17, 15) is 13.2 Å². The Morgan fingerprint density at radius 2 is 1.63 bits per heavy atom. The van der Waals surface area contributed by atoms with Gasteiger partial charge in [-0.2, -0.15) is 8.42 Å². The number of ether oxygens (including phenoxy) is 1. The minimum absolute atomic E-state index is 0.00317. The summed E-state index contributed by atoms with van der Waals surface area (Å²) in [4.78, 5) is 17.4. The third-order valence-corrected chi connectivity index (χ3v) is 8.13. The first-order chi connectivity index (χ1) is 18.1. The van der Waals surface area contributed by atoms with E-state index >= 15 is 0 Å². The summed E-state index contributed by atoms with van der Waals surface area (Å²) >= 11 is 6.34. The third kappa shape index (κ3) is 6.79. The SMILES string of the molecule is CC[C@H](C)N(Cc1ccc(N(CC)CC)cc1OS(=O)(=O)c1ccc(OC)cc1)C(=O)c1ccccc1Cl. The van der Waals surface area contributed by atoms with Gasteiger partial charge in [0.2, 0.25) is 0 Å². The highest BCUT2D eigenvalue weighted by molar-refractivity contribution is 7.87. The van der Waals surface area contributed by atoms with Gasteiger partial charge in [-0.15, -0.1) is 0 Å². The van der Waals surface area contributed by atoms with Crippen LogP contribution in [0.4, 0.5) is 5.69 Å². The van der Waals surface area contributed by atoms with Gasteiger partial charge in [-0.1, -0.05) is 36.7 Å². The number of methoxy groups -OCH3 is 1. The molecule has 0 aliphatic heterocycles. The Balaban J connectivity index is 2.05. The maximum absolute atomic E-state index is 13.6. The Bertz CT molecular complexity index is 1340. The lowest BCUT2D eigenvalue weighted by Crippen LogP contribution is -2.38. The molecule has 0 fully saturated rings. The van der Waals surface area contributed by atoms with E-state index in [1.165, 1.54) is 19.2 Å². The van der Waals surface area contributed by atoms with Crippen molar-refractivity contribution >= 4 is 33.3 Å². The van der Waals surface area contributed by atoms with Crippen molar-refractivity contribution in [3.05, 3.63) is 82.9 Å². The van der Waals surface area contributed by atoms with Crippen LogP contribution in [0.5, 0.6) is 11.5 Å². The van der Waals surface area contributed by atoms with Crippen LogP contribution in [0.15, 0.2) is 71.6 Å². The number of carbonyl (C=O) groups excluding carboxylic acids is 1. The number of benzene rings is 3. The van der Waals surface area contributed by atoms with Crippen LogP contribution in [-0.4, -0.2) is 45.5 Å². The minimum Gasteiger partial charge on any atom is -0.497 e. The molecular formula is C29H35ClN2O5S. The van der Waals surface area contributed by atoms with Crippen LogP contribution >= 0.6 is 11.6 Å². The molecule has 1 atom stereocenters. The van der Waals surface area contributed by atoms with Gasteiger partial charge in [0.05, 0.1) is 17.7 Å². The van der Waals surface area contributed by atoms with E-state index in [0.717, 1.165) is 18.8 Å². The molecular weight excluding hydrogens is 524 g/mol. The zero-order valence-electron chi connectivity index (χ0n) is 22.5. The number of anilines is 1. The molecule has 1 amide bonds. The van der Waals surface area contributed by atoms with Gasteiger partial charge in [0.15, 0.2) is 0 Å². The summed E-state index contributed by atoms with van der Waals surface area (Å²) in [7, 11) is -2.64. The van der Waals surface area contributed by atoms with E-state index in [-0.39, 0.29) is 29.1 Å². The Kier molecular flexibility index (Phi) is 10.1. The van der Waals surface area contributed by atoms with Crippen molar-refractivity contribution < 1.29 is 22.1 Å². The third-order valence-electron chi connectivity index (χ3n) is 6.56. The topological polar surface area (TPSA) is 76.2 Å². The molecule has 0 unspecified atom stereocenters. The average molecular weight is 559 g/mol. The Labute approximate surface area is 231 Å². The molecule has 9 heteroatoms. The predicted molar refractivity (Wildman–Crippen MR) is 152 cm³/mol. The number of nitrogens with zero attached hydrogens (tertiary/aromatic N) is 2. The summed E-state index contributed by atoms with van der Waals surface area (Å²) in [5.41, 5.74) is 1.78. The van der Waals surface area contributed by atoms with Gasteiger partial charge in [-0.25, -0.2) is 0 Å². The molecule has 3 aromatic carbocycles. The van der Waals surface area contributed by atoms with E-state index in [4.69, 9.17) is 20.5 Å². The summed E-state index contributed by atoms with van der Waals surface area (Å²) in [6.07, 6.45) is 0.702. The van der Waals surface area contributed by atoms with Crippen molar-refractivity contribution in [3.63, 3.8) is 0 Å². The highest BCUT2D eigenvalue weighted by Crippen LogP contribution is 2.32. The second-order valence-corrected chi connectivity index (χ2v) is 10.8. The Morgan fingerprint density at radius 1 is 0.974 bits per heavy atom. The molecule has 204 valence electrons. The summed E-state index contributed by atoms with van der Waals surface area (Å²) < 4.78 is 37.4. The zero-order chi connectivity index (χ0) is 27.9. The van der Waals surface area contributed by atoms with Crippen molar-refractivity contribution in [3.8, 4) is 11.5 Å². The summed E-state index contributed by atoms with van der Waals surface area (Å²) in [6.45, 7) is 9.62. The smallest absolute Gasteiger partial charge is 0.339 e. The second-order valence-electron chi connectivity index (χ2n) is 8.85. The average Bonchev–Trinajstić information content (AvgIpc) is 2.92. The first-order valence-corrected chi connectivity index (χ1v) is 14.5. The fourth-order valence-electron chi connectivity index (χ4n) is 4.07. The van der Waals surface area contributed by atoms with Crippen LogP contribution in [0.2, 0.25) is 5.02 Å². The monoisotopic (exact) mass is 558 g/mol. The van der Waals surface area contributed by atoms with Crippen LogP contribution in [0.1, 0.15) is 50.0 Å². The molecule has 0 heterocycles. The van der Waals surface area contributed by atoms with Crippen molar-refractivity contribution in [2.24, 2.45) is 0 Å². The molecule has 0 bridgehead atoms. The van der Waals surface area contributed by atoms with Gasteiger partial charge in [-0.05, 0) is 69.7 Å². The molecule has 0 N–H and O–H groups in total. The number of carbonyl (C=O) groups is 1. The van der Waals surface area contributed by atoms with Gasteiger partial charge < -0.3 is 18.7 Å². The molecule has 3 rings (SSSR count). The van der Waals surface area contributed by atoms with Crippen LogP contribution in [0, 0.1) is 0 Å². The lowest BCUT2D eigenvalue weighted by molar-refractivity contribution is 0.0671. The first kappa shape index (κ1) is 29.3. The van der Waals surface area contributed by atoms with Crippen LogP contribution in [0.25, 0.3) is 0 Å². The van der Waals surface area contributed by atoms with Gasteiger partial charge in [-0.3, -0.25) is 4.79 Å². The fraction of sp³-hybridized carbons (Fsp3) is 0.345. The van der Waals surface area contributed by atoms with Gasteiger partial charge in [0.1, 0.15) is 16.4 Å². The molecule has 0 aliphatic carbocycles. The van der Waals surface area contributed by atoms with Crippen LogP contribution < -0.4 is 13.8 Å². The quantitative estimate of drug-likeness (QED) is 0.239. The molecule has 0 spiro atoms. The Morgan fingerprint density at radius 3 is 2.21 bits per heavy atom. The second kappa shape index (κ2) is 13.0. The maximum Gasteiger partial charge on any atom is 0.339 e. The van der Waals surface area contributed by atoms with E-state index in [0.29, 0.717) is 28.3 Å². The van der Waals surface area contributed by atoms with E-state index < -0.39 is 10.1 Å². The van der Waals surface area contributed by atoms with Crippen LogP contribution in [-0.2, 0) is 16.7 Å². The lowest BCUT2D eigenvalue weighted by Gasteiger charge is -2.30. The van der Waals surface area contributed by atoms with Crippen molar-refractivity contribution in [2.75, 3.05) is 25.1 Å². The maximum atomic E-state index is 13.6. The predicted octanol–water partition coefficient (Wildman–Crippen LogP) is 6.40. The number of halogens is 1. The first-order valence-electron chi connectivity index (χ1n) is 12.7. The lowest BCUT2D eigenvalue weighted by atomic mass is 10.1. The number of hydrogen-bond acceptors (Lipinski definition) is 6. The van der Waals surface area contributed by atoms with Crippen molar-refractivity contribution in [2.45, 2.75) is 51.6 Å². The molecule has 0 saturated heterocycles. The van der Waals surface area contributed by atoms with Crippen molar-refractivity contribution in [1.29, 1.82) is 0 Å². The standard InChI is InChI=1S/C29H35ClN2O5S/c1-6-21(4)32(29(33)26-11-9-10-12-27(26)30)20-22-13-14-23(31(7-2)8-3)19-28(22)37-38(34,35)25-17-15-24(36-5)16-18-25/h9-19,21H,6-8,20H2,1-5H3/t21-/m0/s1. The Hall–Kier alpha value is -3.23. The van der Waals surface area contributed by atoms with E-state index in [1.54, 1.807) is 47.4 Å². The molecule has 0 aliphatic rings. The number of amides is 1. The highest BCUT2D eigenvalue weighted by Gasteiger charge is 2.26.